The zero-order valence-corrected chi connectivity index (χ0v) is 16.9. The summed E-state index contributed by atoms with van der Waals surface area (Å²) in [7, 11) is 1.66. The number of ether oxygens (including phenoxy) is 3. The molecule has 0 bridgehead atoms. The lowest BCUT2D eigenvalue weighted by atomic mass is 10.3. The maximum Gasteiger partial charge on any atom is 0.305 e. The maximum absolute atomic E-state index is 11.2. The van der Waals surface area contributed by atoms with Crippen LogP contribution in [0.4, 0.5) is 0 Å². The number of hydrogen-bond acceptors (Lipinski definition) is 5. The van der Waals surface area contributed by atoms with Crippen molar-refractivity contribution in [3.8, 4) is 0 Å². The van der Waals surface area contributed by atoms with E-state index in [9.17, 15) is 4.79 Å². The number of carbonyl (C=O) groups is 1. The molecule has 0 heterocycles. The average Bonchev–Trinajstić information content (AvgIpc) is 2.50. The number of methoxy groups -OCH3 is 1. The highest BCUT2D eigenvalue weighted by Crippen LogP contribution is 1.93. The molecule has 0 aliphatic heterocycles. The monoisotopic (exact) mass is 445 g/mol. The SMILES string of the molecule is CCNC(=NCCCC(=O)OCC)NCCCOCCOC.I. The van der Waals surface area contributed by atoms with E-state index in [0.717, 1.165) is 25.5 Å². The first kappa shape index (κ1) is 24.6. The van der Waals surface area contributed by atoms with Gasteiger partial charge in [0.2, 0.25) is 0 Å². The first-order valence-electron chi connectivity index (χ1n) is 7.99. The first-order valence-corrected chi connectivity index (χ1v) is 7.99. The van der Waals surface area contributed by atoms with Crippen molar-refractivity contribution in [1.82, 2.24) is 10.6 Å². The van der Waals surface area contributed by atoms with Gasteiger partial charge < -0.3 is 24.8 Å². The van der Waals surface area contributed by atoms with E-state index < -0.39 is 0 Å². The number of nitrogens with one attached hydrogen (secondary N) is 2. The predicted molar refractivity (Wildman–Crippen MR) is 103 cm³/mol. The zero-order chi connectivity index (χ0) is 16.5. The van der Waals surface area contributed by atoms with Crippen LogP contribution in [0, 0.1) is 0 Å². The maximum atomic E-state index is 11.2. The molecular weight excluding hydrogens is 413 g/mol. The fraction of sp³-hybridized carbons (Fsp3) is 0.867. The molecule has 0 aromatic rings. The topological polar surface area (TPSA) is 81.2 Å². The molecular formula is C15H32IN3O4. The van der Waals surface area contributed by atoms with Crippen LogP contribution in [0.2, 0.25) is 0 Å². The second-order valence-corrected chi connectivity index (χ2v) is 4.55. The van der Waals surface area contributed by atoms with E-state index in [1.54, 1.807) is 7.11 Å². The predicted octanol–water partition coefficient (Wildman–Crippen LogP) is 1.56. The van der Waals surface area contributed by atoms with Crippen molar-refractivity contribution in [3.05, 3.63) is 0 Å². The summed E-state index contributed by atoms with van der Waals surface area (Å²) in [5.41, 5.74) is 0. The van der Waals surface area contributed by atoms with Gasteiger partial charge >= 0.3 is 5.97 Å². The van der Waals surface area contributed by atoms with Gasteiger partial charge in [-0.3, -0.25) is 9.79 Å². The van der Waals surface area contributed by atoms with Gasteiger partial charge in [-0.2, -0.15) is 0 Å². The van der Waals surface area contributed by atoms with Crippen LogP contribution in [0.3, 0.4) is 0 Å². The Bertz CT molecular complexity index is 304. The molecule has 2 N–H and O–H groups in total. The molecule has 0 saturated carbocycles. The largest absolute Gasteiger partial charge is 0.466 e. The van der Waals surface area contributed by atoms with Crippen molar-refractivity contribution < 1.29 is 19.0 Å². The molecule has 0 saturated heterocycles. The second-order valence-electron chi connectivity index (χ2n) is 4.55. The fourth-order valence-electron chi connectivity index (χ4n) is 1.61. The van der Waals surface area contributed by atoms with Crippen LogP contribution in [-0.2, 0) is 19.0 Å². The van der Waals surface area contributed by atoms with Crippen LogP contribution in [0.25, 0.3) is 0 Å². The van der Waals surface area contributed by atoms with Crippen LogP contribution in [-0.4, -0.2) is 65.1 Å². The summed E-state index contributed by atoms with van der Waals surface area (Å²) in [6, 6.07) is 0. The number of rotatable bonds is 13. The molecule has 23 heavy (non-hydrogen) atoms. The minimum atomic E-state index is -0.163. The van der Waals surface area contributed by atoms with Gasteiger partial charge in [-0.25, -0.2) is 0 Å². The quantitative estimate of drug-likeness (QED) is 0.147. The van der Waals surface area contributed by atoms with Crippen LogP contribution >= 0.6 is 24.0 Å². The number of guanidine groups is 1. The number of carbonyl (C=O) groups excluding carboxylic acids is 1. The normalized spacial score (nSPS) is 10.8. The van der Waals surface area contributed by atoms with Crippen molar-refractivity contribution in [3.63, 3.8) is 0 Å². The summed E-state index contributed by atoms with van der Waals surface area (Å²) in [5.74, 6) is 0.604. The molecule has 0 rings (SSSR count). The van der Waals surface area contributed by atoms with Crippen LogP contribution in [0.5, 0.6) is 0 Å². The Kier molecular flexibility index (Phi) is 20.8. The molecule has 0 aliphatic rings. The molecule has 0 atom stereocenters. The van der Waals surface area contributed by atoms with Crippen molar-refractivity contribution in [2.24, 2.45) is 4.99 Å². The summed E-state index contributed by atoms with van der Waals surface area (Å²) in [6.45, 7) is 8.38. The number of aliphatic imine (C=N–C) groups is 1. The molecule has 0 aliphatic carbocycles. The molecule has 0 unspecified atom stereocenters. The van der Waals surface area contributed by atoms with Crippen LogP contribution < -0.4 is 10.6 Å². The van der Waals surface area contributed by atoms with E-state index in [-0.39, 0.29) is 29.9 Å². The van der Waals surface area contributed by atoms with Crippen molar-refractivity contribution in [1.29, 1.82) is 0 Å². The van der Waals surface area contributed by atoms with Gasteiger partial charge in [-0.1, -0.05) is 0 Å². The molecule has 8 heteroatoms. The summed E-state index contributed by atoms with van der Waals surface area (Å²) in [5, 5.41) is 6.41. The fourth-order valence-corrected chi connectivity index (χ4v) is 1.61. The third-order valence-corrected chi connectivity index (χ3v) is 2.65. The highest BCUT2D eigenvalue weighted by atomic mass is 127. The zero-order valence-electron chi connectivity index (χ0n) is 14.6. The van der Waals surface area contributed by atoms with E-state index in [4.69, 9.17) is 14.2 Å². The van der Waals surface area contributed by atoms with E-state index >= 15 is 0 Å². The third kappa shape index (κ3) is 17.6. The van der Waals surface area contributed by atoms with Crippen LogP contribution in [0.15, 0.2) is 4.99 Å². The Balaban J connectivity index is 0. The second kappa shape index (κ2) is 19.4. The Labute approximate surface area is 156 Å². The van der Waals surface area contributed by atoms with E-state index in [1.165, 1.54) is 0 Å². The highest BCUT2D eigenvalue weighted by Gasteiger charge is 2.01. The average molecular weight is 445 g/mol. The lowest BCUT2D eigenvalue weighted by Crippen LogP contribution is -2.38. The highest BCUT2D eigenvalue weighted by molar-refractivity contribution is 14.0. The summed E-state index contributed by atoms with van der Waals surface area (Å²) < 4.78 is 15.2. The van der Waals surface area contributed by atoms with Gasteiger partial charge in [0.25, 0.3) is 0 Å². The smallest absolute Gasteiger partial charge is 0.305 e. The molecule has 0 amide bonds. The Hall–Kier alpha value is -0.610. The standard InChI is InChI=1S/C15H31N3O4.HI/c1-4-16-15(17-9-6-8-14(19)22-5-2)18-10-7-11-21-13-12-20-3;/h4-13H2,1-3H3,(H2,16,17,18);1H. The lowest BCUT2D eigenvalue weighted by Gasteiger charge is -2.11. The number of esters is 1. The first-order chi connectivity index (χ1) is 10.7. The van der Waals surface area contributed by atoms with Crippen LogP contribution in [0.1, 0.15) is 33.1 Å². The van der Waals surface area contributed by atoms with Gasteiger partial charge in [0.05, 0.1) is 19.8 Å². The van der Waals surface area contributed by atoms with Gasteiger partial charge in [0.1, 0.15) is 0 Å². The summed E-state index contributed by atoms with van der Waals surface area (Å²) in [6.07, 6.45) is 2.00. The summed E-state index contributed by atoms with van der Waals surface area (Å²) >= 11 is 0. The molecule has 0 aromatic heterocycles. The van der Waals surface area contributed by atoms with Crippen molar-refractivity contribution in [2.75, 3.05) is 53.2 Å². The molecule has 7 nitrogen and oxygen atoms in total. The summed E-state index contributed by atoms with van der Waals surface area (Å²) in [4.78, 5) is 15.6. The van der Waals surface area contributed by atoms with Crippen molar-refractivity contribution >= 4 is 35.9 Å². The van der Waals surface area contributed by atoms with Gasteiger partial charge in [0, 0.05) is 39.8 Å². The van der Waals surface area contributed by atoms with Gasteiger partial charge in [-0.05, 0) is 26.7 Å². The molecule has 0 fully saturated rings. The number of halogens is 1. The van der Waals surface area contributed by atoms with Crippen molar-refractivity contribution in [2.45, 2.75) is 33.1 Å². The third-order valence-electron chi connectivity index (χ3n) is 2.65. The van der Waals surface area contributed by atoms with Gasteiger partial charge in [-0.15, -0.1) is 24.0 Å². The molecule has 0 aromatic carbocycles. The molecule has 0 radical (unpaired) electrons. The number of nitrogens with zero attached hydrogens (tertiary/aromatic N) is 1. The van der Waals surface area contributed by atoms with Gasteiger partial charge in [0.15, 0.2) is 5.96 Å². The minimum Gasteiger partial charge on any atom is -0.466 e. The lowest BCUT2D eigenvalue weighted by molar-refractivity contribution is -0.143. The Morgan fingerprint density at radius 2 is 1.87 bits per heavy atom. The van der Waals surface area contributed by atoms with E-state index in [2.05, 4.69) is 15.6 Å². The van der Waals surface area contributed by atoms with E-state index in [1.807, 2.05) is 13.8 Å². The Morgan fingerprint density at radius 3 is 2.52 bits per heavy atom. The molecule has 138 valence electrons. The minimum absolute atomic E-state index is 0. The Morgan fingerprint density at radius 1 is 1.09 bits per heavy atom. The van der Waals surface area contributed by atoms with E-state index in [0.29, 0.717) is 45.8 Å². The number of hydrogen-bond donors (Lipinski definition) is 2. The molecule has 0 spiro atoms.